The van der Waals surface area contributed by atoms with Gasteiger partial charge >= 0.3 is 0 Å². The molecule has 0 radical (unpaired) electrons. The van der Waals surface area contributed by atoms with Gasteiger partial charge in [0.2, 0.25) is 11.8 Å². The van der Waals surface area contributed by atoms with Crippen molar-refractivity contribution in [1.29, 1.82) is 0 Å². The summed E-state index contributed by atoms with van der Waals surface area (Å²) in [4.78, 5) is 28.5. The topological polar surface area (TPSA) is 86.3 Å². The van der Waals surface area contributed by atoms with Crippen LogP contribution in [0.4, 0.5) is 0 Å². The average Bonchev–Trinajstić information content (AvgIpc) is 2.99. The van der Waals surface area contributed by atoms with Gasteiger partial charge in [0.05, 0.1) is 19.3 Å². The molecule has 0 saturated carbocycles. The molecule has 2 amide bonds. The molecule has 1 saturated heterocycles. The van der Waals surface area contributed by atoms with Crippen LogP contribution in [0.5, 0.6) is 0 Å². The number of nitrogens with one attached hydrogen (secondary N) is 1. The molecule has 1 fully saturated rings. The molecule has 0 spiro atoms. The van der Waals surface area contributed by atoms with E-state index in [-0.39, 0.29) is 34.5 Å². The lowest BCUT2D eigenvalue weighted by atomic mass is 10.1. The first-order valence-corrected chi connectivity index (χ1v) is 18.6. The molecule has 1 N–H and O–H groups in total. The number of likely N-dealkylation sites (tertiary alicyclic amines) is 1. The monoisotopic (exact) mass is 532 g/mol. The Hall–Kier alpha value is -0.786. The summed E-state index contributed by atoms with van der Waals surface area (Å²) in [6.45, 7) is 26.5. The van der Waals surface area contributed by atoms with Gasteiger partial charge in [-0.25, -0.2) is 0 Å². The van der Waals surface area contributed by atoms with Gasteiger partial charge in [0.15, 0.2) is 16.6 Å². The Morgan fingerprint density at radius 1 is 0.943 bits per heavy atom. The van der Waals surface area contributed by atoms with E-state index in [1.807, 2.05) is 13.8 Å². The molecule has 206 valence electrons. The van der Waals surface area contributed by atoms with Crippen molar-refractivity contribution in [2.45, 2.75) is 116 Å². The van der Waals surface area contributed by atoms with Crippen molar-refractivity contribution in [3.63, 3.8) is 0 Å². The predicted octanol–water partition coefficient (Wildman–Crippen LogP) is 4.17. The van der Waals surface area contributed by atoms with Crippen LogP contribution in [0.3, 0.4) is 0 Å². The molecule has 0 aromatic rings. The number of hydrogen-bond acceptors (Lipinski definition) is 6. The van der Waals surface area contributed by atoms with E-state index in [1.54, 1.807) is 12.0 Å². The van der Waals surface area contributed by atoms with E-state index in [9.17, 15) is 9.59 Å². The molecule has 0 aromatic heterocycles. The smallest absolute Gasteiger partial charge is 0.249 e. The van der Waals surface area contributed by atoms with E-state index in [0.29, 0.717) is 19.8 Å². The first-order chi connectivity index (χ1) is 15.7. The zero-order chi connectivity index (χ0) is 27.4. The number of nitrogens with zero attached hydrogens (tertiary/aromatic N) is 1. The summed E-state index contributed by atoms with van der Waals surface area (Å²) in [7, 11) is -2.92. The predicted molar refractivity (Wildman–Crippen MR) is 146 cm³/mol. The minimum absolute atomic E-state index is 0.0229. The molecule has 0 aromatic carbocycles. The van der Waals surface area contributed by atoms with Gasteiger partial charge in [-0.1, -0.05) is 41.5 Å². The Kier molecular flexibility index (Phi) is 11.2. The first-order valence-electron chi connectivity index (χ1n) is 12.8. The summed E-state index contributed by atoms with van der Waals surface area (Å²) in [6.07, 6.45) is -0.942. The highest BCUT2D eigenvalue weighted by Gasteiger charge is 2.54. The molecule has 0 aliphatic carbocycles. The van der Waals surface area contributed by atoms with E-state index in [0.717, 1.165) is 0 Å². The largest absolute Gasteiger partial charge is 0.409 e. The van der Waals surface area contributed by atoms with E-state index in [4.69, 9.17) is 18.3 Å². The summed E-state index contributed by atoms with van der Waals surface area (Å²) in [5.74, 6) is -0.453. The molecule has 1 unspecified atom stereocenters. The lowest BCUT2D eigenvalue weighted by Crippen LogP contribution is -2.57. The fraction of sp³-hybridized carbons (Fsp3) is 0.920. The molecule has 1 heterocycles. The van der Waals surface area contributed by atoms with Gasteiger partial charge in [-0.05, 0) is 50.1 Å². The number of rotatable bonds is 11. The fourth-order valence-electron chi connectivity index (χ4n) is 3.41. The quantitative estimate of drug-likeness (QED) is 0.318. The van der Waals surface area contributed by atoms with Gasteiger partial charge in [-0.2, -0.15) is 0 Å². The van der Waals surface area contributed by atoms with Crippen LogP contribution < -0.4 is 5.32 Å². The third-order valence-electron chi connectivity index (χ3n) is 7.56. The van der Waals surface area contributed by atoms with Gasteiger partial charge in [0, 0.05) is 19.7 Å². The van der Waals surface area contributed by atoms with Crippen molar-refractivity contribution >= 4 is 28.4 Å². The molecule has 8 nitrogen and oxygen atoms in total. The summed E-state index contributed by atoms with van der Waals surface area (Å²) < 4.78 is 24.3. The van der Waals surface area contributed by atoms with Crippen LogP contribution in [0.1, 0.15) is 55.4 Å². The van der Waals surface area contributed by atoms with Crippen LogP contribution in [-0.4, -0.2) is 91.1 Å². The zero-order valence-corrected chi connectivity index (χ0v) is 26.5. The summed E-state index contributed by atoms with van der Waals surface area (Å²) in [5, 5.41) is 2.93. The Labute approximate surface area is 216 Å². The minimum atomic E-state index is -2.29. The SMILES string of the molecule is COCCOCC(=O)N1C[C@H](O[Si](C)(C)C(C)(C)C)[C@@H](O[Si](C)(C)C(C)(C)C)C1C(=O)NC(C)C. The first kappa shape index (κ1) is 32.2. The highest BCUT2D eigenvalue weighted by molar-refractivity contribution is 6.74. The van der Waals surface area contributed by atoms with Crippen LogP contribution in [0, 0.1) is 0 Å². The Bertz CT molecular complexity index is 716. The summed E-state index contributed by atoms with van der Waals surface area (Å²) >= 11 is 0. The van der Waals surface area contributed by atoms with Gasteiger partial charge < -0.3 is 28.5 Å². The minimum Gasteiger partial charge on any atom is -0.409 e. The van der Waals surface area contributed by atoms with E-state index >= 15 is 0 Å². The van der Waals surface area contributed by atoms with E-state index in [1.165, 1.54) is 0 Å². The number of ether oxygens (including phenoxy) is 2. The summed E-state index contributed by atoms with van der Waals surface area (Å²) in [6, 6.07) is -0.842. The van der Waals surface area contributed by atoms with Gasteiger partial charge in [0.25, 0.3) is 0 Å². The second kappa shape index (κ2) is 12.2. The van der Waals surface area contributed by atoms with Crippen molar-refractivity contribution in [3.8, 4) is 0 Å². The van der Waals surface area contributed by atoms with E-state index < -0.39 is 34.9 Å². The van der Waals surface area contributed by atoms with Crippen molar-refractivity contribution < 1.29 is 27.9 Å². The normalized spacial score (nSPS) is 22.1. The molecule has 3 atom stereocenters. The average molecular weight is 533 g/mol. The number of carbonyl (C=O) groups is 2. The third-order valence-corrected chi connectivity index (χ3v) is 16.5. The molecular formula is C25H52N2O6Si2. The van der Waals surface area contributed by atoms with Crippen LogP contribution in [0.15, 0.2) is 0 Å². The van der Waals surface area contributed by atoms with Crippen LogP contribution in [0.25, 0.3) is 0 Å². The molecule has 1 rings (SSSR count). The maximum atomic E-state index is 13.5. The summed E-state index contributed by atoms with van der Waals surface area (Å²) in [5.41, 5.74) is 0. The molecule has 35 heavy (non-hydrogen) atoms. The molecule has 1 aliphatic rings. The van der Waals surface area contributed by atoms with Crippen LogP contribution in [0.2, 0.25) is 36.3 Å². The maximum absolute atomic E-state index is 13.5. The van der Waals surface area contributed by atoms with Crippen molar-refractivity contribution in [1.82, 2.24) is 10.2 Å². The van der Waals surface area contributed by atoms with Gasteiger partial charge in [-0.3, -0.25) is 9.59 Å². The fourth-order valence-corrected chi connectivity index (χ4v) is 6.04. The number of carbonyl (C=O) groups excluding carboxylic acids is 2. The second-order valence-corrected chi connectivity index (χ2v) is 22.5. The van der Waals surface area contributed by atoms with Gasteiger partial charge in [0.1, 0.15) is 18.8 Å². The highest BCUT2D eigenvalue weighted by Crippen LogP contribution is 2.43. The van der Waals surface area contributed by atoms with Crippen LogP contribution >= 0.6 is 0 Å². The van der Waals surface area contributed by atoms with Crippen LogP contribution in [-0.2, 0) is 27.9 Å². The Morgan fingerprint density at radius 2 is 1.46 bits per heavy atom. The number of methoxy groups -OCH3 is 1. The third kappa shape index (κ3) is 8.64. The second-order valence-electron chi connectivity index (χ2n) is 13.0. The maximum Gasteiger partial charge on any atom is 0.249 e. The standard InChI is InChI=1S/C25H52N2O6Si2/c1-18(2)26-23(29)21-22(33-35(12,13)25(6,7)8)19(32-34(10,11)24(3,4)5)16-27(21)20(28)17-31-15-14-30-9/h18-19,21-22H,14-17H2,1-13H3,(H,26,29)/t19-,21?,22+/m0/s1. The zero-order valence-electron chi connectivity index (χ0n) is 24.5. The van der Waals surface area contributed by atoms with Crippen molar-refractivity contribution in [2.24, 2.45) is 0 Å². The molecule has 1 aliphatic heterocycles. The van der Waals surface area contributed by atoms with Gasteiger partial charge in [-0.15, -0.1) is 0 Å². The number of amides is 2. The molecular weight excluding hydrogens is 480 g/mol. The lowest BCUT2D eigenvalue weighted by molar-refractivity contribution is -0.144. The Morgan fingerprint density at radius 3 is 1.91 bits per heavy atom. The highest BCUT2D eigenvalue weighted by atomic mass is 28.4. The number of hydrogen-bond donors (Lipinski definition) is 1. The molecule has 0 bridgehead atoms. The van der Waals surface area contributed by atoms with Crippen molar-refractivity contribution in [3.05, 3.63) is 0 Å². The van der Waals surface area contributed by atoms with Crippen molar-refractivity contribution in [2.75, 3.05) is 33.5 Å². The molecule has 10 heteroatoms. The lowest BCUT2D eigenvalue weighted by Gasteiger charge is -2.43. The Balaban J connectivity index is 3.44. The van der Waals surface area contributed by atoms with E-state index in [2.05, 4.69) is 73.0 Å².